The molecule has 1 amide bonds. The Hall–Kier alpha value is -1.60. The van der Waals surface area contributed by atoms with Crippen molar-refractivity contribution < 1.29 is 18.3 Å². The first-order valence-electron chi connectivity index (χ1n) is 7.26. The van der Waals surface area contributed by atoms with Gasteiger partial charge in [-0.25, -0.2) is 13.6 Å². The lowest BCUT2D eigenvalue weighted by molar-refractivity contribution is 0.0476. The first kappa shape index (κ1) is 20.4. The molecule has 0 aromatic heterocycles. The molecule has 0 fully saturated rings. The van der Waals surface area contributed by atoms with Gasteiger partial charge in [0, 0.05) is 6.54 Å². The first-order chi connectivity index (χ1) is 9.95. The molecule has 0 heterocycles. The largest absolute Gasteiger partial charge is 0.444 e. The Bertz CT molecular complexity index is 380. The van der Waals surface area contributed by atoms with E-state index in [1.807, 2.05) is 6.92 Å². The summed E-state index contributed by atoms with van der Waals surface area (Å²) in [5.41, 5.74) is -1.26. The van der Waals surface area contributed by atoms with Gasteiger partial charge in [0.05, 0.1) is 18.6 Å². The SMILES string of the molecule is CCNC(=NCC(C)(C)NC(=O)OC(C)(C)C)NCC(F)F. The normalized spacial score (nSPS) is 13.0. The lowest BCUT2D eigenvalue weighted by atomic mass is 10.1. The molecule has 0 radical (unpaired) electrons. The van der Waals surface area contributed by atoms with Gasteiger partial charge in [-0.05, 0) is 41.5 Å². The van der Waals surface area contributed by atoms with Gasteiger partial charge in [-0.2, -0.15) is 0 Å². The number of guanidine groups is 1. The van der Waals surface area contributed by atoms with E-state index in [9.17, 15) is 13.6 Å². The number of rotatable bonds is 6. The van der Waals surface area contributed by atoms with Crippen molar-refractivity contribution in [3.8, 4) is 0 Å². The highest BCUT2D eigenvalue weighted by Crippen LogP contribution is 2.09. The minimum Gasteiger partial charge on any atom is -0.444 e. The van der Waals surface area contributed by atoms with Gasteiger partial charge in [0.25, 0.3) is 6.43 Å². The number of ether oxygens (including phenoxy) is 1. The summed E-state index contributed by atoms with van der Waals surface area (Å²) in [6, 6.07) is 0. The number of halogens is 2. The standard InChI is InChI=1S/C14H28F2N4O2/c1-7-17-11(18-8-10(15)16)19-9-14(5,6)20-12(21)22-13(2,3)4/h10H,7-9H2,1-6H3,(H,20,21)(H2,17,18,19). The van der Waals surface area contributed by atoms with Gasteiger partial charge in [0.2, 0.25) is 0 Å². The Morgan fingerprint density at radius 1 is 1.18 bits per heavy atom. The van der Waals surface area contributed by atoms with Crippen LogP contribution in [0.3, 0.4) is 0 Å². The molecule has 0 aromatic carbocycles. The van der Waals surface area contributed by atoms with Crippen LogP contribution in [-0.4, -0.2) is 49.3 Å². The summed E-state index contributed by atoms with van der Waals surface area (Å²) >= 11 is 0. The molecule has 0 aliphatic rings. The first-order valence-corrected chi connectivity index (χ1v) is 7.26. The highest BCUT2D eigenvalue weighted by molar-refractivity contribution is 5.79. The van der Waals surface area contributed by atoms with Crippen molar-refractivity contribution in [2.24, 2.45) is 4.99 Å². The molecule has 8 heteroatoms. The highest BCUT2D eigenvalue weighted by atomic mass is 19.3. The van der Waals surface area contributed by atoms with Gasteiger partial charge in [-0.15, -0.1) is 0 Å². The van der Waals surface area contributed by atoms with Crippen molar-refractivity contribution in [3.63, 3.8) is 0 Å². The van der Waals surface area contributed by atoms with Crippen LogP contribution in [0.4, 0.5) is 13.6 Å². The van der Waals surface area contributed by atoms with Crippen LogP contribution in [-0.2, 0) is 4.74 Å². The zero-order chi connectivity index (χ0) is 17.4. The van der Waals surface area contributed by atoms with Crippen LogP contribution in [0.2, 0.25) is 0 Å². The summed E-state index contributed by atoms with van der Waals surface area (Å²) in [4.78, 5) is 15.9. The number of carbonyl (C=O) groups is 1. The van der Waals surface area contributed by atoms with Crippen LogP contribution in [0.5, 0.6) is 0 Å². The number of nitrogens with one attached hydrogen (secondary N) is 3. The highest BCUT2D eigenvalue weighted by Gasteiger charge is 2.24. The van der Waals surface area contributed by atoms with E-state index in [4.69, 9.17) is 4.74 Å². The fourth-order valence-corrected chi connectivity index (χ4v) is 1.41. The molecule has 22 heavy (non-hydrogen) atoms. The van der Waals surface area contributed by atoms with E-state index < -0.39 is 30.2 Å². The lowest BCUT2D eigenvalue weighted by Gasteiger charge is -2.27. The molecule has 0 rings (SSSR count). The van der Waals surface area contributed by atoms with Gasteiger partial charge < -0.3 is 20.7 Å². The van der Waals surface area contributed by atoms with Gasteiger partial charge in [-0.1, -0.05) is 0 Å². The monoisotopic (exact) mass is 322 g/mol. The summed E-state index contributed by atoms with van der Waals surface area (Å²) in [5, 5.41) is 8.10. The van der Waals surface area contributed by atoms with Crippen molar-refractivity contribution in [1.82, 2.24) is 16.0 Å². The van der Waals surface area contributed by atoms with Crippen LogP contribution in [0, 0.1) is 0 Å². The van der Waals surface area contributed by atoms with E-state index in [2.05, 4.69) is 20.9 Å². The Balaban J connectivity index is 4.57. The molecule has 0 bridgehead atoms. The molecule has 3 N–H and O–H groups in total. The van der Waals surface area contributed by atoms with Gasteiger partial charge in [0.1, 0.15) is 5.60 Å². The van der Waals surface area contributed by atoms with Crippen LogP contribution in [0.25, 0.3) is 0 Å². The second kappa shape index (κ2) is 8.75. The maximum absolute atomic E-state index is 12.2. The minimum absolute atomic E-state index is 0.213. The molecule has 0 saturated heterocycles. The van der Waals surface area contributed by atoms with Gasteiger partial charge in [-0.3, -0.25) is 4.99 Å². The van der Waals surface area contributed by atoms with Crippen molar-refractivity contribution in [3.05, 3.63) is 0 Å². The third kappa shape index (κ3) is 11.1. The van der Waals surface area contributed by atoms with Gasteiger partial charge >= 0.3 is 6.09 Å². The fraction of sp³-hybridized carbons (Fsp3) is 0.857. The van der Waals surface area contributed by atoms with Crippen LogP contribution < -0.4 is 16.0 Å². The average Bonchev–Trinajstić information content (AvgIpc) is 2.29. The summed E-state index contributed by atoms with van der Waals surface area (Å²) in [5.74, 6) is 0.280. The average molecular weight is 322 g/mol. The molecule has 6 nitrogen and oxygen atoms in total. The van der Waals surface area contributed by atoms with Crippen molar-refractivity contribution in [2.45, 2.75) is 59.1 Å². The topological polar surface area (TPSA) is 74.8 Å². The summed E-state index contributed by atoms with van der Waals surface area (Å²) in [7, 11) is 0. The van der Waals surface area contributed by atoms with E-state index in [0.29, 0.717) is 6.54 Å². The maximum atomic E-state index is 12.2. The van der Waals surface area contributed by atoms with Gasteiger partial charge in [0.15, 0.2) is 5.96 Å². The molecule has 0 spiro atoms. The van der Waals surface area contributed by atoms with Crippen LogP contribution in [0.15, 0.2) is 4.99 Å². The number of alkyl carbamates (subject to hydrolysis) is 1. The number of aliphatic imine (C=N–C) groups is 1. The van der Waals surface area contributed by atoms with E-state index in [1.54, 1.807) is 34.6 Å². The van der Waals surface area contributed by atoms with E-state index in [0.717, 1.165) is 0 Å². The number of hydrogen-bond donors (Lipinski definition) is 3. The summed E-state index contributed by atoms with van der Waals surface area (Å²) in [6.07, 6.45) is -3.00. The zero-order valence-electron chi connectivity index (χ0n) is 14.2. The predicted molar refractivity (Wildman–Crippen MR) is 83.4 cm³/mol. The van der Waals surface area contributed by atoms with Crippen LogP contribution in [0.1, 0.15) is 41.5 Å². The molecule has 130 valence electrons. The molecular weight excluding hydrogens is 294 g/mol. The Morgan fingerprint density at radius 2 is 1.77 bits per heavy atom. The Morgan fingerprint density at radius 3 is 2.23 bits per heavy atom. The molecule has 0 aliphatic carbocycles. The fourth-order valence-electron chi connectivity index (χ4n) is 1.41. The van der Waals surface area contributed by atoms with Crippen LogP contribution >= 0.6 is 0 Å². The molecule has 0 aromatic rings. The smallest absolute Gasteiger partial charge is 0.408 e. The number of alkyl halides is 2. The number of nitrogens with zero attached hydrogens (tertiary/aromatic N) is 1. The molecule has 0 aliphatic heterocycles. The van der Waals surface area contributed by atoms with E-state index in [-0.39, 0.29) is 12.5 Å². The number of amides is 1. The third-order valence-electron chi connectivity index (χ3n) is 2.24. The summed E-state index contributed by atoms with van der Waals surface area (Å²) in [6.45, 7) is 11.0. The van der Waals surface area contributed by atoms with Crippen molar-refractivity contribution >= 4 is 12.1 Å². The maximum Gasteiger partial charge on any atom is 0.408 e. The number of hydrogen-bond acceptors (Lipinski definition) is 3. The molecule has 0 atom stereocenters. The predicted octanol–water partition coefficient (Wildman–Crippen LogP) is 2.11. The molecule has 0 saturated carbocycles. The van der Waals surface area contributed by atoms with E-state index >= 15 is 0 Å². The van der Waals surface area contributed by atoms with Crippen molar-refractivity contribution in [1.29, 1.82) is 0 Å². The minimum atomic E-state index is -2.46. The third-order valence-corrected chi connectivity index (χ3v) is 2.24. The second-order valence-corrected chi connectivity index (χ2v) is 6.48. The molecule has 0 unspecified atom stereocenters. The zero-order valence-corrected chi connectivity index (χ0v) is 14.2. The van der Waals surface area contributed by atoms with Crippen molar-refractivity contribution in [2.75, 3.05) is 19.6 Å². The Labute approximate surface area is 131 Å². The quantitative estimate of drug-likeness (QED) is 0.517. The summed E-state index contributed by atoms with van der Waals surface area (Å²) < 4.78 is 29.6. The Kier molecular flexibility index (Phi) is 8.11. The van der Waals surface area contributed by atoms with E-state index in [1.165, 1.54) is 0 Å². The second-order valence-electron chi connectivity index (χ2n) is 6.48. The lowest BCUT2D eigenvalue weighted by Crippen LogP contribution is -2.49. The number of carbonyl (C=O) groups excluding carboxylic acids is 1. The molecular formula is C14H28F2N4O2.